The Kier molecular flexibility index (Phi) is 6.73. The van der Waals surface area contributed by atoms with Gasteiger partial charge in [0, 0.05) is 50.4 Å². The van der Waals surface area contributed by atoms with Gasteiger partial charge in [-0.15, -0.1) is 22.6 Å². The summed E-state index contributed by atoms with van der Waals surface area (Å²) in [5.74, 6) is 1.41. The van der Waals surface area contributed by atoms with Crippen LogP contribution in [0.2, 0.25) is 0 Å². The third kappa shape index (κ3) is 4.63. The van der Waals surface area contributed by atoms with Crippen LogP contribution in [-0.4, -0.2) is 58.2 Å². The van der Waals surface area contributed by atoms with E-state index in [-0.39, 0.29) is 18.3 Å². The number of aromatic nitrogens is 4. The highest BCUT2D eigenvalue weighted by Crippen LogP contribution is 2.26. The van der Waals surface area contributed by atoms with Crippen molar-refractivity contribution in [3.05, 3.63) is 36.0 Å². The van der Waals surface area contributed by atoms with Gasteiger partial charge < -0.3 is 20.3 Å². The first kappa shape index (κ1) is 21.8. The second kappa shape index (κ2) is 9.27. The third-order valence-electron chi connectivity index (χ3n) is 4.85. The summed E-state index contributed by atoms with van der Waals surface area (Å²) < 4.78 is 7.37. The number of fused-ring (bicyclic) bond motifs is 1. The number of piperazine rings is 1. The summed E-state index contributed by atoms with van der Waals surface area (Å²) in [4.78, 5) is 15.1. The Balaban J connectivity index is 0.00000256. The molecule has 1 saturated heterocycles. The van der Waals surface area contributed by atoms with Gasteiger partial charge in [0.2, 0.25) is 0 Å². The number of amides is 1. The maximum atomic E-state index is 12.9. The van der Waals surface area contributed by atoms with Crippen LogP contribution in [0.1, 0.15) is 24.2 Å². The zero-order valence-corrected chi connectivity index (χ0v) is 18.1. The second-order valence-electron chi connectivity index (χ2n) is 7.18. The van der Waals surface area contributed by atoms with E-state index in [9.17, 15) is 4.79 Å². The van der Waals surface area contributed by atoms with Gasteiger partial charge in [-0.3, -0.25) is 9.48 Å². The Morgan fingerprint density at radius 1 is 1.33 bits per heavy atom. The fourth-order valence-electron chi connectivity index (χ4n) is 3.51. The molecule has 1 aliphatic heterocycles. The van der Waals surface area contributed by atoms with Crippen LogP contribution in [0.25, 0.3) is 10.9 Å². The van der Waals surface area contributed by atoms with Gasteiger partial charge in [-0.2, -0.15) is 5.10 Å². The number of benzene rings is 1. The van der Waals surface area contributed by atoms with Gasteiger partial charge in [-0.05, 0) is 32.0 Å². The molecule has 1 atom stereocenters. The van der Waals surface area contributed by atoms with Crippen LogP contribution in [0.4, 0.5) is 11.6 Å². The van der Waals surface area contributed by atoms with Crippen molar-refractivity contribution < 1.29 is 9.53 Å². The van der Waals surface area contributed by atoms with E-state index in [4.69, 9.17) is 4.74 Å². The molecule has 0 bridgehead atoms. The molecule has 0 aliphatic carbocycles. The van der Waals surface area contributed by atoms with Crippen LogP contribution >= 0.6 is 12.4 Å². The van der Waals surface area contributed by atoms with E-state index in [0.717, 1.165) is 36.4 Å². The minimum Gasteiger partial charge on any atom is -0.493 e. The van der Waals surface area contributed by atoms with Gasteiger partial charge >= 0.3 is 0 Å². The number of rotatable bonds is 5. The van der Waals surface area contributed by atoms with Crippen LogP contribution < -0.4 is 20.3 Å². The predicted octanol–water partition coefficient (Wildman–Crippen LogP) is 2.23. The van der Waals surface area contributed by atoms with Crippen molar-refractivity contribution in [3.8, 4) is 5.75 Å². The number of nitrogens with zero attached hydrogens (tertiary/aromatic N) is 5. The highest BCUT2D eigenvalue weighted by atomic mass is 35.5. The summed E-state index contributed by atoms with van der Waals surface area (Å²) in [7, 11) is 1.84. The summed E-state index contributed by atoms with van der Waals surface area (Å²) in [5, 5.41) is 19.9. The van der Waals surface area contributed by atoms with Crippen molar-refractivity contribution in [2.75, 3.05) is 36.5 Å². The summed E-state index contributed by atoms with van der Waals surface area (Å²) in [5.41, 5.74) is 1.22. The third-order valence-corrected chi connectivity index (χ3v) is 4.85. The lowest BCUT2D eigenvalue weighted by Crippen LogP contribution is -2.49. The largest absolute Gasteiger partial charge is 0.493 e. The van der Waals surface area contributed by atoms with Gasteiger partial charge in [0.1, 0.15) is 5.75 Å². The minimum absolute atomic E-state index is 0. The lowest BCUT2D eigenvalue weighted by Gasteiger charge is -2.32. The second-order valence-corrected chi connectivity index (χ2v) is 7.18. The van der Waals surface area contributed by atoms with E-state index < -0.39 is 0 Å². The van der Waals surface area contributed by atoms with Crippen molar-refractivity contribution >= 4 is 40.9 Å². The maximum absolute atomic E-state index is 12.9. The molecule has 4 rings (SSSR count). The molecule has 1 fully saturated rings. The summed E-state index contributed by atoms with van der Waals surface area (Å²) >= 11 is 0. The molecule has 0 saturated carbocycles. The van der Waals surface area contributed by atoms with Crippen LogP contribution in [0, 0.1) is 0 Å². The van der Waals surface area contributed by atoms with Gasteiger partial charge in [0.25, 0.3) is 5.91 Å². The Morgan fingerprint density at radius 3 is 2.87 bits per heavy atom. The first-order valence-corrected chi connectivity index (χ1v) is 9.77. The Morgan fingerprint density at radius 2 is 2.17 bits per heavy atom. The van der Waals surface area contributed by atoms with Gasteiger partial charge in [0.05, 0.1) is 17.7 Å². The maximum Gasteiger partial charge on any atom is 0.260 e. The molecule has 1 aliphatic rings. The van der Waals surface area contributed by atoms with Gasteiger partial charge in [0.15, 0.2) is 11.6 Å². The number of nitrogens with one attached hydrogen (secondary N) is 2. The van der Waals surface area contributed by atoms with E-state index in [1.807, 2.05) is 26.2 Å². The summed E-state index contributed by atoms with van der Waals surface area (Å²) in [6, 6.07) is 7.63. The topological polar surface area (TPSA) is 97.2 Å². The molecular formula is C20H26ClN7O2. The van der Waals surface area contributed by atoms with Crippen molar-refractivity contribution in [2.45, 2.75) is 19.9 Å². The van der Waals surface area contributed by atoms with E-state index >= 15 is 0 Å². The van der Waals surface area contributed by atoms with Crippen LogP contribution in [0.3, 0.4) is 0 Å². The first-order valence-electron chi connectivity index (χ1n) is 9.77. The fourth-order valence-corrected chi connectivity index (χ4v) is 3.51. The van der Waals surface area contributed by atoms with Crippen molar-refractivity contribution in [1.29, 1.82) is 0 Å². The average molecular weight is 432 g/mol. The highest BCUT2D eigenvalue weighted by molar-refractivity contribution is 6.08. The lowest BCUT2D eigenvalue weighted by molar-refractivity contribution is 0.102. The molecule has 30 heavy (non-hydrogen) atoms. The number of ether oxygens (including phenoxy) is 1. The molecule has 3 heterocycles. The standard InChI is InChI=1S/C20H25N7O2.ClH/c1-4-29-17-10-16-14(12-26(3)25-16)9-15(17)20(28)22-18-5-6-19(24-23-18)27-8-7-21-13(2)11-27;/h5-6,9-10,12-13,21H,4,7-8,11H2,1-3H3,(H,22,23,28);1H/t13-;/m1./s1. The quantitative estimate of drug-likeness (QED) is 0.639. The number of halogens is 1. The Labute approximate surface area is 181 Å². The SMILES string of the molecule is CCOc1cc2nn(C)cc2cc1C(=O)Nc1ccc(N2CCN[C@H](C)C2)nn1.Cl. The van der Waals surface area contributed by atoms with E-state index in [1.54, 1.807) is 22.9 Å². The number of anilines is 2. The molecule has 3 aromatic rings. The molecule has 160 valence electrons. The molecule has 1 aromatic carbocycles. The molecule has 2 N–H and O–H groups in total. The van der Waals surface area contributed by atoms with E-state index in [1.165, 1.54) is 0 Å². The minimum atomic E-state index is -0.294. The summed E-state index contributed by atoms with van der Waals surface area (Å²) in [6.45, 7) is 7.15. The number of carbonyl (C=O) groups excluding carboxylic acids is 1. The van der Waals surface area contributed by atoms with Gasteiger partial charge in [-0.1, -0.05) is 0 Å². The van der Waals surface area contributed by atoms with Crippen LogP contribution in [-0.2, 0) is 7.05 Å². The molecule has 0 spiro atoms. The fraction of sp³-hybridized carbons (Fsp3) is 0.400. The molecular weight excluding hydrogens is 406 g/mol. The predicted molar refractivity (Wildman–Crippen MR) is 119 cm³/mol. The van der Waals surface area contributed by atoms with Crippen molar-refractivity contribution in [2.24, 2.45) is 7.05 Å². The van der Waals surface area contributed by atoms with Crippen LogP contribution in [0.15, 0.2) is 30.5 Å². The molecule has 0 radical (unpaired) electrons. The zero-order chi connectivity index (χ0) is 20.4. The lowest BCUT2D eigenvalue weighted by atomic mass is 10.1. The first-order chi connectivity index (χ1) is 14.0. The molecule has 1 amide bonds. The molecule has 10 heteroatoms. The normalized spacial score (nSPS) is 16.2. The molecule has 9 nitrogen and oxygen atoms in total. The van der Waals surface area contributed by atoms with E-state index in [0.29, 0.717) is 29.8 Å². The smallest absolute Gasteiger partial charge is 0.260 e. The van der Waals surface area contributed by atoms with Crippen molar-refractivity contribution in [1.82, 2.24) is 25.3 Å². The van der Waals surface area contributed by atoms with Crippen molar-refractivity contribution in [3.63, 3.8) is 0 Å². The monoisotopic (exact) mass is 431 g/mol. The molecule has 0 unspecified atom stereocenters. The average Bonchev–Trinajstić information content (AvgIpc) is 3.07. The Bertz CT molecular complexity index is 1020. The van der Waals surface area contributed by atoms with Crippen LogP contribution in [0.5, 0.6) is 5.75 Å². The highest BCUT2D eigenvalue weighted by Gasteiger charge is 2.19. The molecule has 2 aromatic heterocycles. The van der Waals surface area contributed by atoms with Gasteiger partial charge in [-0.25, -0.2) is 0 Å². The number of carbonyl (C=O) groups is 1. The number of hydrogen-bond acceptors (Lipinski definition) is 7. The summed E-state index contributed by atoms with van der Waals surface area (Å²) in [6.07, 6.45) is 1.87. The number of hydrogen-bond donors (Lipinski definition) is 2. The Hall–Kier alpha value is -2.91. The zero-order valence-electron chi connectivity index (χ0n) is 17.3. The van der Waals surface area contributed by atoms with E-state index in [2.05, 4.69) is 37.8 Å². The number of aryl methyl sites for hydroxylation is 1.